The molecule has 0 bridgehead atoms. The molecule has 1 aromatic heterocycles. The zero-order valence-corrected chi connectivity index (χ0v) is 19.7. The van der Waals surface area contributed by atoms with Gasteiger partial charge in [0.1, 0.15) is 21.7 Å². The average Bonchev–Trinajstić information content (AvgIpc) is 3.25. The lowest BCUT2D eigenvalue weighted by atomic mass is 10.1. The van der Waals surface area contributed by atoms with E-state index in [4.69, 9.17) is 14.5 Å². The van der Waals surface area contributed by atoms with Gasteiger partial charge in [0.05, 0.1) is 20.6 Å². The van der Waals surface area contributed by atoms with E-state index in [1.807, 2.05) is 28.8 Å². The van der Waals surface area contributed by atoms with Gasteiger partial charge in [0.25, 0.3) is 0 Å². The molecule has 2 heterocycles. The number of carbonyl (C=O) groups excluding carboxylic acids is 1. The minimum atomic E-state index is 0.184. The fraction of sp³-hybridized carbons (Fsp3) is 0.391. The van der Waals surface area contributed by atoms with Gasteiger partial charge < -0.3 is 19.3 Å². The number of carbonyl (C=O) groups is 1. The van der Waals surface area contributed by atoms with Crippen LogP contribution in [0.4, 0.5) is 5.13 Å². The fourth-order valence-corrected chi connectivity index (χ4v) is 5.50. The highest BCUT2D eigenvalue weighted by molar-refractivity contribution is 7.99. The highest BCUT2D eigenvalue weighted by Gasteiger charge is 2.24. The van der Waals surface area contributed by atoms with Gasteiger partial charge in [-0.15, -0.1) is 11.8 Å². The van der Waals surface area contributed by atoms with Crippen molar-refractivity contribution in [3.05, 3.63) is 42.0 Å². The predicted molar refractivity (Wildman–Crippen MR) is 128 cm³/mol. The van der Waals surface area contributed by atoms with E-state index >= 15 is 0 Å². The Balaban J connectivity index is 1.39. The van der Waals surface area contributed by atoms with Crippen molar-refractivity contribution in [3.63, 3.8) is 0 Å². The number of nitrogens with zero attached hydrogens (tertiary/aromatic N) is 3. The predicted octanol–water partition coefficient (Wildman–Crippen LogP) is 4.32. The van der Waals surface area contributed by atoms with E-state index in [-0.39, 0.29) is 5.91 Å². The number of hydrogen-bond donors (Lipinski definition) is 0. The van der Waals surface area contributed by atoms with E-state index in [0.29, 0.717) is 19.5 Å². The first-order valence-electron chi connectivity index (χ1n) is 10.4. The highest BCUT2D eigenvalue weighted by atomic mass is 32.2. The van der Waals surface area contributed by atoms with Gasteiger partial charge in [0.2, 0.25) is 5.91 Å². The van der Waals surface area contributed by atoms with Gasteiger partial charge in [-0.2, -0.15) is 0 Å². The number of benzene rings is 2. The molecule has 1 saturated heterocycles. The van der Waals surface area contributed by atoms with Gasteiger partial charge >= 0.3 is 0 Å². The van der Waals surface area contributed by atoms with Crippen molar-refractivity contribution in [1.82, 2.24) is 9.88 Å². The first kappa shape index (κ1) is 21.8. The molecule has 4 rings (SSSR count). The van der Waals surface area contributed by atoms with Crippen molar-refractivity contribution in [2.24, 2.45) is 0 Å². The van der Waals surface area contributed by atoms with Crippen molar-refractivity contribution in [3.8, 4) is 11.5 Å². The van der Waals surface area contributed by atoms with Crippen LogP contribution in [0, 0.1) is 0 Å². The van der Waals surface area contributed by atoms with Crippen LogP contribution in [0.1, 0.15) is 12.5 Å². The van der Waals surface area contributed by atoms with Crippen LogP contribution in [0.5, 0.6) is 11.5 Å². The molecular weight excluding hydrogens is 430 g/mol. The van der Waals surface area contributed by atoms with Crippen LogP contribution in [0.15, 0.2) is 41.3 Å². The second-order valence-corrected chi connectivity index (χ2v) is 9.58. The second kappa shape index (κ2) is 9.78. The molecule has 0 spiro atoms. The Labute approximate surface area is 191 Å². The first-order chi connectivity index (χ1) is 15.1. The van der Waals surface area contributed by atoms with E-state index < -0.39 is 0 Å². The van der Waals surface area contributed by atoms with E-state index in [2.05, 4.69) is 36.1 Å². The van der Waals surface area contributed by atoms with Crippen LogP contribution in [0.3, 0.4) is 0 Å². The van der Waals surface area contributed by atoms with Crippen LogP contribution in [0.2, 0.25) is 0 Å². The number of fused-ring (bicyclic) bond motifs is 1. The molecule has 164 valence electrons. The van der Waals surface area contributed by atoms with Crippen molar-refractivity contribution in [1.29, 1.82) is 0 Å². The zero-order valence-electron chi connectivity index (χ0n) is 18.1. The molecule has 0 saturated carbocycles. The van der Waals surface area contributed by atoms with Crippen LogP contribution in [0.25, 0.3) is 10.2 Å². The zero-order chi connectivity index (χ0) is 21.8. The largest absolute Gasteiger partial charge is 0.495 e. The molecule has 0 unspecified atom stereocenters. The second-order valence-electron chi connectivity index (χ2n) is 7.27. The standard InChI is InChI=1S/C23H27N3O3S2/c1-4-30-17-7-5-16(6-8-17)15-20(27)25-11-13-26(14-12-25)23-24-21-18(28-2)9-10-19(29-3)22(21)31-23/h5-10H,4,11-15H2,1-3H3. The molecule has 1 fully saturated rings. The Morgan fingerprint density at radius 1 is 1.03 bits per heavy atom. The summed E-state index contributed by atoms with van der Waals surface area (Å²) >= 11 is 3.42. The Morgan fingerprint density at radius 3 is 2.35 bits per heavy atom. The fourth-order valence-electron chi connectivity index (χ4n) is 3.71. The number of methoxy groups -OCH3 is 2. The van der Waals surface area contributed by atoms with Crippen molar-refractivity contribution in [2.75, 3.05) is 51.1 Å². The quantitative estimate of drug-likeness (QED) is 0.493. The van der Waals surface area contributed by atoms with E-state index in [1.54, 1.807) is 25.6 Å². The first-order valence-corrected chi connectivity index (χ1v) is 12.2. The van der Waals surface area contributed by atoms with Gasteiger partial charge in [-0.05, 0) is 35.6 Å². The maximum Gasteiger partial charge on any atom is 0.227 e. The summed E-state index contributed by atoms with van der Waals surface area (Å²) < 4.78 is 12.0. The summed E-state index contributed by atoms with van der Waals surface area (Å²) in [5.41, 5.74) is 1.89. The molecule has 8 heteroatoms. The summed E-state index contributed by atoms with van der Waals surface area (Å²) in [7, 11) is 3.32. The van der Waals surface area contributed by atoms with Gasteiger partial charge in [-0.3, -0.25) is 4.79 Å². The topological polar surface area (TPSA) is 54.9 Å². The van der Waals surface area contributed by atoms with Crippen LogP contribution in [-0.2, 0) is 11.2 Å². The molecule has 0 N–H and O–H groups in total. The number of anilines is 1. The number of piperazine rings is 1. The SMILES string of the molecule is CCSc1ccc(CC(=O)N2CCN(c3nc4c(OC)ccc(OC)c4s3)CC2)cc1. The molecule has 3 aromatic rings. The monoisotopic (exact) mass is 457 g/mol. The van der Waals surface area contributed by atoms with Gasteiger partial charge in [-0.25, -0.2) is 4.98 Å². The number of thioether (sulfide) groups is 1. The summed E-state index contributed by atoms with van der Waals surface area (Å²) in [4.78, 5) is 23.0. The molecule has 0 aliphatic carbocycles. The number of aromatic nitrogens is 1. The maximum absolute atomic E-state index is 12.8. The molecule has 1 aliphatic rings. The third-order valence-corrected chi connectivity index (χ3v) is 7.42. The van der Waals surface area contributed by atoms with Crippen LogP contribution >= 0.6 is 23.1 Å². The number of thiazole rings is 1. The van der Waals surface area contributed by atoms with Crippen LogP contribution in [-0.4, -0.2) is 61.9 Å². The van der Waals surface area contributed by atoms with Crippen molar-refractivity contribution in [2.45, 2.75) is 18.2 Å². The minimum absolute atomic E-state index is 0.184. The van der Waals surface area contributed by atoms with Crippen molar-refractivity contribution >= 4 is 44.4 Å². The van der Waals surface area contributed by atoms with Gasteiger partial charge in [0, 0.05) is 31.1 Å². The third kappa shape index (κ3) is 4.75. The normalized spacial score (nSPS) is 14.2. The Kier molecular flexibility index (Phi) is 6.87. The maximum atomic E-state index is 12.8. The highest BCUT2D eigenvalue weighted by Crippen LogP contribution is 2.40. The average molecular weight is 458 g/mol. The molecule has 1 aliphatic heterocycles. The number of amides is 1. The molecule has 31 heavy (non-hydrogen) atoms. The molecule has 0 atom stereocenters. The van der Waals surface area contributed by atoms with Crippen LogP contribution < -0.4 is 14.4 Å². The molecule has 1 amide bonds. The van der Waals surface area contributed by atoms with E-state index in [1.165, 1.54) is 4.90 Å². The summed E-state index contributed by atoms with van der Waals surface area (Å²) in [5, 5.41) is 0.939. The lowest BCUT2D eigenvalue weighted by molar-refractivity contribution is -0.130. The summed E-state index contributed by atoms with van der Waals surface area (Å²) in [6.07, 6.45) is 0.451. The minimum Gasteiger partial charge on any atom is -0.495 e. The summed E-state index contributed by atoms with van der Waals surface area (Å²) in [6, 6.07) is 12.1. The Hall–Kier alpha value is -2.45. The summed E-state index contributed by atoms with van der Waals surface area (Å²) in [5.74, 6) is 2.78. The lowest BCUT2D eigenvalue weighted by Crippen LogP contribution is -2.49. The molecular formula is C23H27N3O3S2. The number of ether oxygens (including phenoxy) is 2. The molecule has 6 nitrogen and oxygen atoms in total. The van der Waals surface area contributed by atoms with Gasteiger partial charge in [0.15, 0.2) is 5.13 Å². The van der Waals surface area contributed by atoms with E-state index in [9.17, 15) is 4.79 Å². The summed E-state index contributed by atoms with van der Waals surface area (Å²) in [6.45, 7) is 5.08. The molecule has 2 aromatic carbocycles. The number of rotatable bonds is 7. The van der Waals surface area contributed by atoms with Gasteiger partial charge in [-0.1, -0.05) is 30.4 Å². The third-order valence-electron chi connectivity index (χ3n) is 5.39. The lowest BCUT2D eigenvalue weighted by Gasteiger charge is -2.34. The van der Waals surface area contributed by atoms with Crippen molar-refractivity contribution < 1.29 is 14.3 Å². The molecule has 0 radical (unpaired) electrons. The number of hydrogen-bond acceptors (Lipinski definition) is 7. The van der Waals surface area contributed by atoms with E-state index in [0.717, 1.165) is 51.3 Å². The smallest absolute Gasteiger partial charge is 0.227 e. The Morgan fingerprint density at radius 2 is 1.71 bits per heavy atom. The Bertz CT molecular complexity index is 1000.